The number of ether oxygens (including phenoxy) is 2. The third-order valence-corrected chi connectivity index (χ3v) is 12.8. The first-order valence-corrected chi connectivity index (χ1v) is 18.8. The number of aromatic nitrogens is 2. The summed E-state index contributed by atoms with van der Waals surface area (Å²) in [6, 6.07) is 26.8. The van der Waals surface area contributed by atoms with Gasteiger partial charge in [0.05, 0.1) is 24.4 Å². The normalized spacial score (nSPS) is 13.6. The first-order chi connectivity index (χ1) is 22.8. The van der Waals surface area contributed by atoms with E-state index in [-0.39, 0.29) is 23.8 Å². The summed E-state index contributed by atoms with van der Waals surface area (Å²) in [5.74, 6) is -1.10. The number of nitrogens with zero attached hydrogens (tertiary/aromatic N) is 2. The summed E-state index contributed by atoms with van der Waals surface area (Å²) in [6.07, 6.45) is 0.175. The van der Waals surface area contributed by atoms with E-state index in [0.29, 0.717) is 11.6 Å². The lowest BCUT2D eigenvalue weighted by Gasteiger charge is -2.35. The molecule has 0 saturated heterocycles. The van der Waals surface area contributed by atoms with E-state index < -0.39 is 38.2 Å². The Kier molecular flexibility index (Phi) is 12.0. The lowest BCUT2D eigenvalue weighted by molar-refractivity contribution is -0.136. The van der Waals surface area contributed by atoms with Crippen LogP contribution in [0.3, 0.4) is 0 Å². The highest BCUT2D eigenvalue weighted by molar-refractivity contribution is 6.74. The maximum atomic E-state index is 13.7. The molecule has 0 saturated carbocycles. The minimum atomic E-state index is -2.33. The predicted molar refractivity (Wildman–Crippen MR) is 188 cm³/mol. The number of amides is 2. The molecule has 4 rings (SSSR count). The monoisotopic (exact) mass is 670 g/mol. The molecule has 3 aromatic carbocycles. The number of hydroxylamine groups is 1. The van der Waals surface area contributed by atoms with Crippen molar-refractivity contribution in [2.75, 3.05) is 7.11 Å². The van der Waals surface area contributed by atoms with Gasteiger partial charge in [-0.15, -0.1) is 6.58 Å². The molecule has 4 aromatic rings. The molecule has 1 heterocycles. The second kappa shape index (κ2) is 15.9. The second-order valence-electron chi connectivity index (χ2n) is 13.1. The topological polar surface area (TPSA) is 124 Å². The zero-order chi connectivity index (χ0) is 34.9. The van der Waals surface area contributed by atoms with E-state index in [4.69, 9.17) is 14.0 Å². The molecule has 3 N–H and O–H groups in total. The average Bonchev–Trinajstić information content (AvgIpc) is 3.51. The zero-order valence-corrected chi connectivity index (χ0v) is 29.5. The average molecular weight is 671 g/mol. The molecule has 0 aliphatic heterocycles. The molecular formula is C37H46N4O6Si. The van der Waals surface area contributed by atoms with E-state index in [9.17, 15) is 14.7 Å². The molecule has 254 valence electrons. The molecule has 0 aliphatic rings. The van der Waals surface area contributed by atoms with Crippen LogP contribution in [0.4, 0.5) is 0 Å². The van der Waals surface area contributed by atoms with Crippen LogP contribution < -0.4 is 20.3 Å². The molecule has 48 heavy (non-hydrogen) atoms. The van der Waals surface area contributed by atoms with Crippen molar-refractivity contribution in [2.24, 2.45) is 5.92 Å². The van der Waals surface area contributed by atoms with Crippen molar-refractivity contribution in [3.8, 4) is 17.3 Å². The van der Waals surface area contributed by atoms with E-state index in [0.717, 1.165) is 16.9 Å². The van der Waals surface area contributed by atoms with Gasteiger partial charge < -0.3 is 24.4 Å². The number of benzene rings is 3. The van der Waals surface area contributed by atoms with Gasteiger partial charge in [0.25, 0.3) is 5.91 Å². The fourth-order valence-electron chi connectivity index (χ4n) is 4.55. The van der Waals surface area contributed by atoms with Gasteiger partial charge in [0.2, 0.25) is 20.1 Å². The minimum Gasteiger partial charge on any atom is -0.497 e. The molecule has 3 atom stereocenters. The Morgan fingerprint density at radius 2 is 1.58 bits per heavy atom. The number of aliphatic hydroxyl groups is 1. The Morgan fingerprint density at radius 3 is 2.17 bits per heavy atom. The summed E-state index contributed by atoms with van der Waals surface area (Å²) in [5.41, 5.74) is 5.28. The number of rotatable bonds is 15. The first-order valence-electron chi connectivity index (χ1n) is 15.9. The van der Waals surface area contributed by atoms with Crippen LogP contribution in [0.1, 0.15) is 43.7 Å². The number of hydrogen-bond donors (Lipinski definition) is 3. The van der Waals surface area contributed by atoms with Crippen molar-refractivity contribution in [3.05, 3.63) is 120 Å². The number of methoxy groups -OCH3 is 1. The van der Waals surface area contributed by atoms with Gasteiger partial charge in [0.15, 0.2) is 0 Å². The van der Waals surface area contributed by atoms with Gasteiger partial charge in [-0.2, -0.15) is 5.10 Å². The van der Waals surface area contributed by atoms with Crippen LogP contribution >= 0.6 is 0 Å². The third kappa shape index (κ3) is 9.21. The van der Waals surface area contributed by atoms with Gasteiger partial charge in [0.1, 0.15) is 24.5 Å². The highest BCUT2D eigenvalue weighted by atomic mass is 28.4. The van der Waals surface area contributed by atoms with Gasteiger partial charge in [0, 0.05) is 12.5 Å². The molecular weight excluding hydrogens is 625 g/mol. The number of para-hydroxylation sites is 1. The summed E-state index contributed by atoms with van der Waals surface area (Å²) in [5, 5.41) is 18.8. The van der Waals surface area contributed by atoms with Crippen LogP contribution in [0, 0.1) is 5.92 Å². The number of hydrogen-bond acceptors (Lipinski definition) is 7. The summed E-state index contributed by atoms with van der Waals surface area (Å²) in [4.78, 5) is 27.2. The fourth-order valence-corrected chi connectivity index (χ4v) is 5.22. The van der Waals surface area contributed by atoms with Crippen LogP contribution in [0.15, 0.2) is 104 Å². The van der Waals surface area contributed by atoms with Crippen molar-refractivity contribution in [1.82, 2.24) is 20.6 Å². The van der Waals surface area contributed by atoms with Crippen LogP contribution in [-0.4, -0.2) is 48.2 Å². The minimum absolute atomic E-state index is 0.142. The molecule has 0 radical (unpaired) electrons. The smallest absolute Gasteiger partial charge is 0.265 e. The van der Waals surface area contributed by atoms with Crippen molar-refractivity contribution >= 4 is 20.1 Å². The van der Waals surface area contributed by atoms with E-state index in [1.165, 1.54) is 6.08 Å². The van der Waals surface area contributed by atoms with Gasteiger partial charge in [-0.25, -0.2) is 10.2 Å². The maximum Gasteiger partial charge on any atom is 0.265 e. The number of aliphatic hydroxyl groups excluding tert-OH is 1. The van der Waals surface area contributed by atoms with Crippen molar-refractivity contribution in [1.29, 1.82) is 0 Å². The number of carbonyl (C=O) groups is 2. The van der Waals surface area contributed by atoms with Crippen molar-refractivity contribution in [2.45, 2.75) is 64.1 Å². The Hall–Kier alpha value is -4.71. The Balaban J connectivity index is 1.56. The van der Waals surface area contributed by atoms with Crippen molar-refractivity contribution in [3.63, 3.8) is 0 Å². The Bertz CT molecular complexity index is 1650. The Labute approximate surface area is 283 Å². The summed E-state index contributed by atoms with van der Waals surface area (Å²) < 4.78 is 18.9. The van der Waals surface area contributed by atoms with Crippen LogP contribution in [0.25, 0.3) is 5.69 Å². The molecule has 10 nitrogen and oxygen atoms in total. The largest absolute Gasteiger partial charge is 0.497 e. The summed E-state index contributed by atoms with van der Waals surface area (Å²) in [6.45, 7) is 14.3. The maximum absolute atomic E-state index is 13.7. The highest BCUT2D eigenvalue weighted by Crippen LogP contribution is 2.36. The molecule has 1 aromatic heterocycles. The summed E-state index contributed by atoms with van der Waals surface area (Å²) in [7, 11) is -0.722. The predicted octanol–water partition coefficient (Wildman–Crippen LogP) is 6.08. The Morgan fingerprint density at radius 1 is 0.958 bits per heavy atom. The first kappa shape index (κ1) is 36.1. The van der Waals surface area contributed by atoms with Gasteiger partial charge >= 0.3 is 0 Å². The van der Waals surface area contributed by atoms with Gasteiger partial charge in [-0.3, -0.25) is 9.59 Å². The molecule has 0 bridgehead atoms. The van der Waals surface area contributed by atoms with E-state index in [1.807, 2.05) is 98.0 Å². The molecule has 0 aliphatic carbocycles. The molecule has 0 fully saturated rings. The molecule has 2 amide bonds. The molecule has 0 spiro atoms. The van der Waals surface area contributed by atoms with E-state index in [1.54, 1.807) is 17.9 Å². The SMILES string of the molecule is C=CC(C(=O)NC(Cc1ccccc1)C(=O)NO[Si](C)(C)C(C)(C)C)[C@H](O)c1cc(OCc2ccc(OC)cc2)n(-c2ccccc2)n1. The number of carbonyl (C=O) groups excluding carboxylic acids is 2. The lowest BCUT2D eigenvalue weighted by atomic mass is 9.97. The molecule has 11 heteroatoms. The zero-order valence-electron chi connectivity index (χ0n) is 28.5. The van der Waals surface area contributed by atoms with E-state index in [2.05, 4.69) is 43.2 Å². The standard InChI is InChI=1S/C37H46N4O6Si/c1-8-30(35(43)38-32(23-26-15-11-9-12-16-26)36(44)40-47-48(6,7)37(2,3)4)34(42)31-24-33(41(39-31)28-17-13-10-14-18-28)46-25-27-19-21-29(45-5)22-20-27/h8-22,24,30,32,34,42H,1,23,25H2,2-7H3,(H,38,43)(H,40,44)/t30?,32?,34-/m0/s1. The van der Waals surface area contributed by atoms with E-state index >= 15 is 0 Å². The van der Waals surface area contributed by atoms with Crippen LogP contribution in [0.5, 0.6) is 11.6 Å². The summed E-state index contributed by atoms with van der Waals surface area (Å²) >= 11 is 0. The van der Waals surface area contributed by atoms with Crippen LogP contribution in [0.2, 0.25) is 18.1 Å². The molecule has 2 unspecified atom stereocenters. The van der Waals surface area contributed by atoms with Crippen molar-refractivity contribution < 1.29 is 28.7 Å². The third-order valence-electron chi connectivity index (χ3n) is 8.57. The van der Waals surface area contributed by atoms with Gasteiger partial charge in [-0.1, -0.05) is 87.5 Å². The number of nitrogens with one attached hydrogen (secondary N) is 2. The lowest BCUT2D eigenvalue weighted by Crippen LogP contribution is -2.53. The fraction of sp³-hybridized carbons (Fsp3) is 0.324. The second-order valence-corrected chi connectivity index (χ2v) is 17.8. The van der Waals surface area contributed by atoms with Gasteiger partial charge in [-0.05, 0) is 53.5 Å². The quantitative estimate of drug-likeness (QED) is 0.0796. The van der Waals surface area contributed by atoms with Crippen LogP contribution in [-0.2, 0) is 27.1 Å². The highest BCUT2D eigenvalue weighted by Gasteiger charge is 2.39.